The van der Waals surface area contributed by atoms with E-state index < -0.39 is 5.41 Å². The van der Waals surface area contributed by atoms with Gasteiger partial charge in [-0.25, -0.2) is 4.98 Å². The highest BCUT2D eigenvalue weighted by Gasteiger charge is 2.32. The van der Waals surface area contributed by atoms with E-state index in [4.69, 9.17) is 21.3 Å². The summed E-state index contributed by atoms with van der Waals surface area (Å²) in [7, 11) is 0. The molecule has 35 heavy (non-hydrogen) atoms. The lowest BCUT2D eigenvalue weighted by molar-refractivity contribution is 0.0455. The van der Waals surface area contributed by atoms with Gasteiger partial charge >= 0.3 is 0 Å². The Morgan fingerprint density at radius 3 is 2.74 bits per heavy atom. The van der Waals surface area contributed by atoms with Crippen molar-refractivity contribution in [2.45, 2.75) is 64.0 Å². The van der Waals surface area contributed by atoms with Crippen LogP contribution in [0, 0.1) is 22.7 Å². The van der Waals surface area contributed by atoms with Gasteiger partial charge in [-0.2, -0.15) is 5.26 Å². The number of anilines is 1. The predicted molar refractivity (Wildman–Crippen MR) is 138 cm³/mol. The van der Waals surface area contributed by atoms with Gasteiger partial charge in [0.2, 0.25) is 0 Å². The first kappa shape index (κ1) is 25.8. The zero-order chi connectivity index (χ0) is 24.7. The van der Waals surface area contributed by atoms with E-state index in [1.54, 1.807) is 6.20 Å². The lowest BCUT2D eigenvalue weighted by Gasteiger charge is -2.30. The molecule has 0 amide bonds. The van der Waals surface area contributed by atoms with Crippen LogP contribution < -0.4 is 10.6 Å². The van der Waals surface area contributed by atoms with E-state index in [1.807, 2.05) is 25.1 Å². The van der Waals surface area contributed by atoms with Crippen LogP contribution >= 0.6 is 11.6 Å². The van der Waals surface area contributed by atoms with Gasteiger partial charge in [0.15, 0.2) is 0 Å². The van der Waals surface area contributed by atoms with Crippen molar-refractivity contribution in [2.75, 3.05) is 31.6 Å². The number of hydrogen-bond donors (Lipinski definition) is 3. The normalized spacial score (nSPS) is 22.8. The number of nitrogens with one attached hydrogen (secondary N) is 2. The minimum Gasteiger partial charge on any atom is -0.392 e. The molecule has 1 aliphatic carbocycles. The van der Waals surface area contributed by atoms with Crippen LogP contribution in [0.1, 0.15) is 51.1 Å². The van der Waals surface area contributed by atoms with Crippen LogP contribution in [-0.4, -0.2) is 53.5 Å². The quantitative estimate of drug-likeness (QED) is 0.465. The van der Waals surface area contributed by atoms with Gasteiger partial charge in [0.1, 0.15) is 5.82 Å². The number of aliphatic hydroxyl groups is 1. The van der Waals surface area contributed by atoms with Gasteiger partial charge in [-0.05, 0) is 76.0 Å². The fourth-order valence-corrected chi connectivity index (χ4v) is 5.23. The van der Waals surface area contributed by atoms with Crippen LogP contribution in [0.3, 0.4) is 0 Å². The summed E-state index contributed by atoms with van der Waals surface area (Å²) in [6, 6.07) is 10.9. The molecule has 3 heterocycles. The molecule has 0 spiro atoms. The summed E-state index contributed by atoms with van der Waals surface area (Å²) in [6.45, 7) is 4.27. The van der Waals surface area contributed by atoms with Crippen molar-refractivity contribution in [2.24, 2.45) is 11.3 Å². The Hall–Kier alpha value is -2.24. The lowest BCUT2D eigenvalue weighted by atomic mass is 9.82. The second-order valence-corrected chi connectivity index (χ2v) is 10.5. The number of halogens is 1. The van der Waals surface area contributed by atoms with Crippen molar-refractivity contribution < 1.29 is 9.84 Å². The summed E-state index contributed by atoms with van der Waals surface area (Å²) in [5.74, 6) is 1.34. The van der Waals surface area contributed by atoms with Gasteiger partial charge in [0.05, 0.1) is 28.3 Å². The number of ether oxygens (including phenoxy) is 1. The smallest absolute Gasteiger partial charge is 0.126 e. The number of aromatic nitrogens is 2. The van der Waals surface area contributed by atoms with Crippen molar-refractivity contribution in [3.8, 4) is 17.3 Å². The van der Waals surface area contributed by atoms with Gasteiger partial charge in [-0.1, -0.05) is 17.7 Å². The third-order valence-electron chi connectivity index (χ3n) is 7.28. The summed E-state index contributed by atoms with van der Waals surface area (Å²) in [5.41, 5.74) is 2.30. The van der Waals surface area contributed by atoms with E-state index in [-0.39, 0.29) is 6.10 Å². The highest BCUT2D eigenvalue weighted by Crippen LogP contribution is 2.32. The zero-order valence-electron chi connectivity index (χ0n) is 20.5. The van der Waals surface area contributed by atoms with Gasteiger partial charge in [-0.3, -0.25) is 4.98 Å². The molecule has 0 unspecified atom stereocenters. The molecule has 2 aromatic heterocycles. The van der Waals surface area contributed by atoms with Crippen molar-refractivity contribution in [3.63, 3.8) is 0 Å². The molecule has 1 aliphatic heterocycles. The SMILES string of the molecule is C[C@@H](O)CNC1CCC(Cc2cc(-c3cccc(NCC4(C#N)CCOCC4)n3)c(Cl)cn2)CC1. The third kappa shape index (κ3) is 7.14. The monoisotopic (exact) mass is 497 g/mol. The average Bonchev–Trinajstić information content (AvgIpc) is 2.89. The fraction of sp³-hybridized carbons (Fsp3) is 0.593. The Bertz CT molecular complexity index is 1010. The number of hydrogen-bond acceptors (Lipinski definition) is 7. The van der Waals surface area contributed by atoms with Gasteiger partial charge in [-0.15, -0.1) is 0 Å². The molecule has 1 saturated carbocycles. The molecule has 4 rings (SSSR count). The molecule has 188 valence electrons. The first-order valence-electron chi connectivity index (χ1n) is 12.7. The maximum Gasteiger partial charge on any atom is 0.126 e. The summed E-state index contributed by atoms with van der Waals surface area (Å²) in [5, 5.41) is 26.6. The maximum absolute atomic E-state index is 9.71. The number of nitrogens with zero attached hydrogens (tertiary/aromatic N) is 3. The Morgan fingerprint density at radius 1 is 1.26 bits per heavy atom. The van der Waals surface area contributed by atoms with E-state index in [0.29, 0.717) is 43.3 Å². The maximum atomic E-state index is 9.71. The number of aliphatic hydroxyl groups excluding tert-OH is 1. The molecule has 8 heteroatoms. The Morgan fingerprint density at radius 2 is 2.03 bits per heavy atom. The molecule has 0 aromatic carbocycles. The standard InChI is InChI=1S/C27H36ClN5O2/c1-19(34)15-30-21-7-5-20(6-8-21)13-22-14-23(24(28)16-31-22)25-3-2-4-26(33-25)32-18-27(17-29)9-11-35-12-10-27/h2-4,14,16,19-21,30,34H,5-13,15,18H2,1H3,(H,32,33)/t19-,20?,21?/m1/s1. The number of rotatable bonds is 9. The lowest BCUT2D eigenvalue weighted by Crippen LogP contribution is -2.37. The van der Waals surface area contributed by atoms with Crippen molar-refractivity contribution in [1.82, 2.24) is 15.3 Å². The second-order valence-electron chi connectivity index (χ2n) is 10.1. The molecule has 1 atom stereocenters. The first-order chi connectivity index (χ1) is 17.0. The van der Waals surface area contributed by atoms with E-state index >= 15 is 0 Å². The minimum atomic E-state index is -0.414. The van der Waals surface area contributed by atoms with E-state index in [2.05, 4.69) is 27.8 Å². The van der Waals surface area contributed by atoms with Gasteiger partial charge in [0.25, 0.3) is 0 Å². The van der Waals surface area contributed by atoms with E-state index in [0.717, 1.165) is 67.7 Å². The molecular formula is C27H36ClN5O2. The van der Waals surface area contributed by atoms with Crippen LogP contribution in [0.15, 0.2) is 30.5 Å². The van der Waals surface area contributed by atoms with Crippen LogP contribution in [-0.2, 0) is 11.2 Å². The summed E-state index contributed by atoms with van der Waals surface area (Å²) in [6.07, 6.45) is 8.38. The molecule has 2 fully saturated rings. The van der Waals surface area contributed by atoms with Gasteiger partial charge < -0.3 is 20.5 Å². The summed E-state index contributed by atoms with van der Waals surface area (Å²) >= 11 is 6.54. The minimum absolute atomic E-state index is 0.305. The number of pyridine rings is 2. The van der Waals surface area contributed by atoms with Crippen LogP contribution in [0.5, 0.6) is 0 Å². The second kappa shape index (κ2) is 12.1. The van der Waals surface area contributed by atoms with Crippen molar-refractivity contribution in [1.29, 1.82) is 5.26 Å². The molecule has 1 saturated heterocycles. The molecule has 7 nitrogen and oxygen atoms in total. The molecule has 2 aromatic rings. The molecular weight excluding hydrogens is 462 g/mol. The fourth-order valence-electron chi connectivity index (χ4n) is 5.03. The molecule has 0 bridgehead atoms. The Kier molecular flexibility index (Phi) is 8.96. The number of nitriles is 1. The Labute approximate surface area is 213 Å². The van der Waals surface area contributed by atoms with Crippen LogP contribution in [0.25, 0.3) is 11.3 Å². The molecule has 3 N–H and O–H groups in total. The predicted octanol–water partition coefficient (Wildman–Crippen LogP) is 4.60. The molecule has 0 radical (unpaired) electrons. The van der Waals surface area contributed by atoms with Crippen LogP contribution in [0.2, 0.25) is 5.02 Å². The summed E-state index contributed by atoms with van der Waals surface area (Å²) < 4.78 is 5.43. The van der Waals surface area contributed by atoms with E-state index in [9.17, 15) is 10.4 Å². The zero-order valence-corrected chi connectivity index (χ0v) is 21.2. The topological polar surface area (TPSA) is 103 Å². The van der Waals surface area contributed by atoms with Crippen molar-refractivity contribution in [3.05, 3.63) is 41.2 Å². The average molecular weight is 498 g/mol. The molecule has 2 aliphatic rings. The van der Waals surface area contributed by atoms with Crippen molar-refractivity contribution >= 4 is 17.4 Å². The van der Waals surface area contributed by atoms with Crippen LogP contribution in [0.4, 0.5) is 5.82 Å². The summed E-state index contributed by atoms with van der Waals surface area (Å²) in [4.78, 5) is 9.40. The Balaban J connectivity index is 1.38. The van der Waals surface area contributed by atoms with E-state index in [1.165, 1.54) is 0 Å². The highest BCUT2D eigenvalue weighted by molar-refractivity contribution is 6.33. The first-order valence-corrected chi connectivity index (χ1v) is 13.1. The van der Waals surface area contributed by atoms with Gasteiger partial charge in [0, 0.05) is 49.8 Å². The third-order valence-corrected chi connectivity index (χ3v) is 7.58. The largest absolute Gasteiger partial charge is 0.392 e. The highest BCUT2D eigenvalue weighted by atomic mass is 35.5.